The number of nitrogens with one attached hydrogen (secondary N) is 2. The Morgan fingerprint density at radius 3 is 2.43 bits per heavy atom. The summed E-state index contributed by atoms with van der Waals surface area (Å²) in [5.74, 6) is -2.55. The van der Waals surface area contributed by atoms with Gasteiger partial charge in [0.25, 0.3) is 0 Å². The van der Waals surface area contributed by atoms with Crippen molar-refractivity contribution in [3.05, 3.63) is 35.4 Å². The van der Waals surface area contributed by atoms with E-state index in [0.29, 0.717) is 12.1 Å². The van der Waals surface area contributed by atoms with Crippen LogP contribution in [-0.4, -0.2) is 29.8 Å². The summed E-state index contributed by atoms with van der Waals surface area (Å²) in [6.07, 6.45) is 4.24. The van der Waals surface area contributed by atoms with E-state index in [1.54, 1.807) is 0 Å². The first-order valence-corrected chi connectivity index (χ1v) is 8.05. The maximum Gasteiger partial charge on any atom is 0.220 e. The maximum atomic E-state index is 13.1. The summed E-state index contributed by atoms with van der Waals surface area (Å²) in [4.78, 5) is 23.9. The molecule has 1 aromatic carbocycles. The first-order valence-electron chi connectivity index (χ1n) is 8.05. The van der Waals surface area contributed by atoms with E-state index in [9.17, 15) is 18.4 Å². The molecule has 23 heavy (non-hydrogen) atoms. The summed E-state index contributed by atoms with van der Waals surface area (Å²) in [7, 11) is 0. The molecular weight excluding hydrogens is 302 g/mol. The van der Waals surface area contributed by atoms with Gasteiger partial charge < -0.3 is 10.6 Å². The van der Waals surface area contributed by atoms with E-state index in [-0.39, 0.29) is 36.1 Å². The second-order valence-corrected chi connectivity index (χ2v) is 6.43. The van der Waals surface area contributed by atoms with Crippen molar-refractivity contribution in [2.24, 2.45) is 0 Å². The van der Waals surface area contributed by atoms with Gasteiger partial charge in [0.05, 0.1) is 0 Å². The van der Waals surface area contributed by atoms with Gasteiger partial charge in [-0.25, -0.2) is 8.78 Å². The number of ketones is 1. The van der Waals surface area contributed by atoms with E-state index in [2.05, 4.69) is 10.6 Å². The highest BCUT2D eigenvalue weighted by Crippen LogP contribution is 2.26. The minimum Gasteiger partial charge on any atom is -0.353 e. The largest absolute Gasteiger partial charge is 0.353 e. The molecule has 2 saturated heterocycles. The third kappa shape index (κ3) is 3.93. The molecule has 1 aromatic rings. The van der Waals surface area contributed by atoms with Crippen LogP contribution in [0.5, 0.6) is 0 Å². The third-order valence-electron chi connectivity index (χ3n) is 4.66. The quantitative estimate of drug-likeness (QED) is 0.818. The van der Waals surface area contributed by atoms with Crippen molar-refractivity contribution in [1.82, 2.24) is 10.6 Å². The Morgan fingerprint density at radius 2 is 1.78 bits per heavy atom. The number of hydrogen-bond acceptors (Lipinski definition) is 3. The number of amides is 1. The average Bonchev–Trinajstić information content (AvgIpc) is 2.86. The van der Waals surface area contributed by atoms with Gasteiger partial charge in [-0.2, -0.15) is 0 Å². The van der Waals surface area contributed by atoms with Gasteiger partial charge in [-0.1, -0.05) is 0 Å². The Morgan fingerprint density at radius 1 is 1.09 bits per heavy atom. The van der Waals surface area contributed by atoms with Crippen molar-refractivity contribution in [2.75, 3.05) is 0 Å². The molecule has 2 aliphatic rings. The van der Waals surface area contributed by atoms with E-state index in [1.807, 2.05) is 0 Å². The lowest BCUT2D eigenvalue weighted by molar-refractivity contribution is -0.122. The summed E-state index contributed by atoms with van der Waals surface area (Å²) in [6.45, 7) is 0. The Hall–Kier alpha value is -1.82. The molecule has 1 amide bonds. The summed E-state index contributed by atoms with van der Waals surface area (Å²) >= 11 is 0. The van der Waals surface area contributed by atoms with Crippen LogP contribution in [0.25, 0.3) is 0 Å². The molecule has 0 aromatic heterocycles. The highest BCUT2D eigenvalue weighted by atomic mass is 19.2. The smallest absolute Gasteiger partial charge is 0.220 e. The van der Waals surface area contributed by atoms with Crippen molar-refractivity contribution < 1.29 is 18.4 Å². The molecule has 2 N–H and O–H groups in total. The number of piperidine rings is 1. The Kier molecular flexibility index (Phi) is 4.71. The predicted molar refractivity (Wildman–Crippen MR) is 81.0 cm³/mol. The molecule has 3 rings (SSSR count). The number of halogens is 2. The van der Waals surface area contributed by atoms with Gasteiger partial charge in [0, 0.05) is 36.5 Å². The van der Waals surface area contributed by atoms with E-state index >= 15 is 0 Å². The summed E-state index contributed by atoms with van der Waals surface area (Å²) in [6, 6.07) is 4.18. The minimum absolute atomic E-state index is 0.00523. The van der Waals surface area contributed by atoms with Crippen LogP contribution in [0.1, 0.15) is 48.9 Å². The zero-order valence-electron chi connectivity index (χ0n) is 12.8. The zero-order chi connectivity index (χ0) is 16.4. The Labute approximate surface area is 133 Å². The highest BCUT2D eigenvalue weighted by Gasteiger charge is 2.33. The molecule has 4 nitrogen and oxygen atoms in total. The second-order valence-electron chi connectivity index (χ2n) is 6.43. The predicted octanol–water partition coefficient (Wildman–Crippen LogP) is 2.33. The van der Waals surface area contributed by atoms with E-state index < -0.39 is 11.6 Å². The molecule has 0 aliphatic carbocycles. The summed E-state index contributed by atoms with van der Waals surface area (Å²) < 4.78 is 26.0. The van der Waals surface area contributed by atoms with Gasteiger partial charge in [-0.15, -0.1) is 0 Å². The molecule has 6 heteroatoms. The van der Waals surface area contributed by atoms with Gasteiger partial charge in [0.1, 0.15) is 0 Å². The number of carbonyl (C=O) groups excluding carboxylic acids is 2. The van der Waals surface area contributed by atoms with E-state index in [1.165, 1.54) is 6.07 Å². The number of benzene rings is 1. The first kappa shape index (κ1) is 16.1. The normalized spacial score (nSPS) is 26.1. The fourth-order valence-electron chi connectivity index (χ4n) is 3.52. The lowest BCUT2D eigenvalue weighted by Crippen LogP contribution is -2.48. The SMILES string of the molecule is O=C(CCC(=O)c1ccc(F)c(F)c1)NC1CC2CCC(C1)N2. The van der Waals surface area contributed by atoms with Crippen LogP contribution in [0.15, 0.2) is 18.2 Å². The average molecular weight is 322 g/mol. The molecule has 124 valence electrons. The number of Topliss-reactive ketones (excluding diaryl/α,β-unsaturated/α-hetero) is 1. The van der Waals surface area contributed by atoms with Gasteiger partial charge in [-0.3, -0.25) is 9.59 Å². The van der Waals surface area contributed by atoms with Crippen LogP contribution in [0.3, 0.4) is 0 Å². The summed E-state index contributed by atoms with van der Waals surface area (Å²) in [5, 5.41) is 6.49. The summed E-state index contributed by atoms with van der Waals surface area (Å²) in [5.41, 5.74) is 0.0941. The monoisotopic (exact) mass is 322 g/mol. The van der Waals surface area contributed by atoms with E-state index in [4.69, 9.17) is 0 Å². The molecule has 2 fully saturated rings. The van der Waals surface area contributed by atoms with Crippen molar-refractivity contribution in [1.29, 1.82) is 0 Å². The fourth-order valence-corrected chi connectivity index (χ4v) is 3.52. The molecule has 0 spiro atoms. The van der Waals surface area contributed by atoms with Crippen LogP contribution >= 0.6 is 0 Å². The van der Waals surface area contributed by atoms with Crippen LogP contribution in [0, 0.1) is 11.6 Å². The molecule has 2 atom stereocenters. The van der Waals surface area contributed by atoms with Crippen LogP contribution in [0.2, 0.25) is 0 Å². The van der Waals surface area contributed by atoms with Crippen LogP contribution in [-0.2, 0) is 4.79 Å². The lowest BCUT2D eigenvalue weighted by Gasteiger charge is -2.29. The van der Waals surface area contributed by atoms with E-state index in [0.717, 1.165) is 37.8 Å². The maximum absolute atomic E-state index is 13.1. The Bertz CT molecular complexity index is 609. The number of carbonyl (C=O) groups is 2. The lowest BCUT2D eigenvalue weighted by atomic mass is 9.99. The molecule has 2 aliphatic heterocycles. The van der Waals surface area contributed by atoms with Gasteiger partial charge in [-0.05, 0) is 43.9 Å². The minimum atomic E-state index is -1.05. The molecule has 2 bridgehead atoms. The fraction of sp³-hybridized carbons (Fsp3) is 0.529. The van der Waals surface area contributed by atoms with Crippen LogP contribution < -0.4 is 10.6 Å². The van der Waals surface area contributed by atoms with Crippen molar-refractivity contribution in [3.63, 3.8) is 0 Å². The molecule has 2 heterocycles. The second kappa shape index (κ2) is 6.74. The van der Waals surface area contributed by atoms with Gasteiger partial charge in [0.15, 0.2) is 17.4 Å². The first-order chi connectivity index (χ1) is 11.0. The van der Waals surface area contributed by atoms with Crippen molar-refractivity contribution in [3.8, 4) is 0 Å². The third-order valence-corrected chi connectivity index (χ3v) is 4.66. The molecular formula is C17H20F2N2O2. The number of hydrogen-bond donors (Lipinski definition) is 2. The molecule has 0 saturated carbocycles. The van der Waals surface area contributed by atoms with Gasteiger partial charge in [0.2, 0.25) is 5.91 Å². The van der Waals surface area contributed by atoms with Crippen molar-refractivity contribution >= 4 is 11.7 Å². The van der Waals surface area contributed by atoms with Gasteiger partial charge >= 0.3 is 0 Å². The molecule has 0 radical (unpaired) electrons. The standard InChI is InChI=1S/C17H20F2N2O2/c18-14-4-1-10(7-15(14)19)16(22)5-6-17(23)21-13-8-11-2-3-12(9-13)20-11/h1,4,7,11-13,20H,2-3,5-6,8-9H2,(H,21,23). The number of rotatable bonds is 5. The topological polar surface area (TPSA) is 58.2 Å². The number of fused-ring (bicyclic) bond motifs is 2. The van der Waals surface area contributed by atoms with Crippen molar-refractivity contribution in [2.45, 2.75) is 56.7 Å². The molecule has 2 unspecified atom stereocenters. The Balaban J connectivity index is 1.46. The van der Waals surface area contributed by atoms with Crippen LogP contribution in [0.4, 0.5) is 8.78 Å². The highest BCUT2D eigenvalue weighted by molar-refractivity contribution is 5.97. The zero-order valence-corrected chi connectivity index (χ0v) is 12.8.